The number of hydrazone groups is 1. The number of hydrogen-bond donors (Lipinski definition) is 1. The highest BCUT2D eigenvalue weighted by Gasteiger charge is 2.24. The van der Waals surface area contributed by atoms with Crippen LogP contribution in [-0.2, 0) is 0 Å². The van der Waals surface area contributed by atoms with Crippen LogP contribution in [0.2, 0.25) is 0 Å². The predicted octanol–water partition coefficient (Wildman–Crippen LogP) is 2.19. The lowest BCUT2D eigenvalue weighted by Gasteiger charge is -2.05. The van der Waals surface area contributed by atoms with Gasteiger partial charge in [-0.05, 0) is 17.7 Å². The standard InChI is InChI=1S/C14H7F5N2O2/c15-9-8(10(16)12(18)13(19)11(9)17)5-20-21-7-3-1-6(2-4-7)14(22)23/h1-5,21H,(H,22,23)/p-1/b20-5-. The number of benzene rings is 2. The van der Waals surface area contributed by atoms with Crippen molar-refractivity contribution in [2.45, 2.75) is 0 Å². The van der Waals surface area contributed by atoms with Gasteiger partial charge in [-0.2, -0.15) is 5.10 Å². The number of carboxylic acid groups (broad SMARTS) is 1. The van der Waals surface area contributed by atoms with Gasteiger partial charge in [-0.1, -0.05) is 12.1 Å². The molecule has 0 unspecified atom stereocenters. The van der Waals surface area contributed by atoms with Crippen LogP contribution >= 0.6 is 0 Å². The molecule has 0 aliphatic carbocycles. The van der Waals surface area contributed by atoms with Crippen molar-refractivity contribution in [2.24, 2.45) is 5.10 Å². The summed E-state index contributed by atoms with van der Waals surface area (Å²) in [5, 5.41) is 13.9. The van der Waals surface area contributed by atoms with Gasteiger partial charge in [0.1, 0.15) is 0 Å². The zero-order valence-corrected chi connectivity index (χ0v) is 11.0. The van der Waals surface area contributed by atoms with E-state index in [0.29, 0.717) is 6.21 Å². The minimum Gasteiger partial charge on any atom is -0.545 e. The van der Waals surface area contributed by atoms with Gasteiger partial charge in [0.15, 0.2) is 23.3 Å². The summed E-state index contributed by atoms with van der Waals surface area (Å²) in [6.45, 7) is 0. The molecule has 0 aliphatic heterocycles. The minimum atomic E-state index is -2.26. The summed E-state index contributed by atoms with van der Waals surface area (Å²) < 4.78 is 65.5. The molecule has 2 aromatic rings. The Morgan fingerprint density at radius 3 is 1.87 bits per heavy atom. The van der Waals surface area contributed by atoms with Gasteiger partial charge in [-0.15, -0.1) is 0 Å². The molecular formula is C14H6F5N2O2-. The Labute approximate surface area is 125 Å². The van der Waals surface area contributed by atoms with E-state index in [2.05, 4.69) is 10.5 Å². The summed E-state index contributed by atoms with van der Waals surface area (Å²) in [5.74, 6) is -11.9. The van der Waals surface area contributed by atoms with E-state index in [1.165, 1.54) is 24.3 Å². The van der Waals surface area contributed by atoms with Gasteiger partial charge in [0, 0.05) is 0 Å². The number of carbonyl (C=O) groups is 1. The van der Waals surface area contributed by atoms with E-state index >= 15 is 0 Å². The first-order valence-electron chi connectivity index (χ1n) is 5.95. The highest BCUT2D eigenvalue weighted by Crippen LogP contribution is 2.21. The summed E-state index contributed by atoms with van der Waals surface area (Å²) in [7, 11) is 0. The molecule has 2 aromatic carbocycles. The number of anilines is 1. The molecule has 0 bridgehead atoms. The number of aromatic carboxylic acids is 1. The summed E-state index contributed by atoms with van der Waals surface area (Å²) in [4.78, 5) is 10.5. The van der Waals surface area contributed by atoms with Crippen LogP contribution in [0.25, 0.3) is 0 Å². The Morgan fingerprint density at radius 2 is 1.39 bits per heavy atom. The van der Waals surface area contributed by atoms with Crippen molar-refractivity contribution < 1.29 is 31.9 Å². The normalized spacial score (nSPS) is 11.0. The molecule has 0 spiro atoms. The Kier molecular flexibility index (Phi) is 4.58. The molecule has 1 N–H and O–H groups in total. The average molecular weight is 329 g/mol. The largest absolute Gasteiger partial charge is 0.545 e. The summed E-state index contributed by atoms with van der Waals surface area (Å²) in [6, 6.07) is 4.87. The van der Waals surface area contributed by atoms with E-state index in [4.69, 9.17) is 0 Å². The molecule has 0 aliphatic rings. The Hall–Kier alpha value is -2.97. The second-order valence-corrected chi connectivity index (χ2v) is 4.22. The lowest BCUT2D eigenvalue weighted by atomic mass is 10.2. The van der Waals surface area contributed by atoms with Crippen LogP contribution in [0.1, 0.15) is 15.9 Å². The van der Waals surface area contributed by atoms with Crippen molar-refractivity contribution in [2.75, 3.05) is 5.43 Å². The first kappa shape index (κ1) is 16.4. The molecule has 0 amide bonds. The van der Waals surface area contributed by atoms with Crippen LogP contribution in [0.4, 0.5) is 27.6 Å². The van der Waals surface area contributed by atoms with Gasteiger partial charge >= 0.3 is 0 Å². The quantitative estimate of drug-likeness (QED) is 0.307. The highest BCUT2D eigenvalue weighted by molar-refractivity contribution is 5.86. The summed E-state index contributed by atoms with van der Waals surface area (Å²) >= 11 is 0. The van der Waals surface area contributed by atoms with Gasteiger partial charge in [0.2, 0.25) is 5.82 Å². The third kappa shape index (κ3) is 3.28. The number of rotatable bonds is 4. The van der Waals surface area contributed by atoms with E-state index in [-0.39, 0.29) is 11.3 Å². The third-order valence-corrected chi connectivity index (χ3v) is 2.75. The second kappa shape index (κ2) is 6.42. The van der Waals surface area contributed by atoms with E-state index in [0.717, 1.165) is 0 Å². The number of carbonyl (C=O) groups excluding carboxylic acids is 1. The maximum Gasteiger partial charge on any atom is 0.200 e. The van der Waals surface area contributed by atoms with Crippen LogP contribution in [0.15, 0.2) is 29.4 Å². The molecule has 0 atom stereocenters. The Bertz CT molecular complexity index is 762. The highest BCUT2D eigenvalue weighted by atomic mass is 19.2. The molecule has 0 fully saturated rings. The van der Waals surface area contributed by atoms with Crippen molar-refractivity contribution in [3.05, 3.63) is 64.5 Å². The van der Waals surface area contributed by atoms with Gasteiger partial charge in [0.25, 0.3) is 0 Å². The van der Waals surface area contributed by atoms with Crippen LogP contribution in [0.5, 0.6) is 0 Å². The number of nitrogens with zero attached hydrogens (tertiary/aromatic N) is 1. The van der Waals surface area contributed by atoms with Gasteiger partial charge in [-0.3, -0.25) is 5.43 Å². The number of carboxylic acids is 1. The maximum atomic E-state index is 13.4. The smallest absolute Gasteiger partial charge is 0.200 e. The fourth-order valence-electron chi connectivity index (χ4n) is 1.59. The number of nitrogens with one attached hydrogen (secondary N) is 1. The molecule has 0 heterocycles. The van der Waals surface area contributed by atoms with Crippen LogP contribution in [0.3, 0.4) is 0 Å². The zero-order valence-electron chi connectivity index (χ0n) is 11.0. The van der Waals surface area contributed by atoms with Crippen molar-refractivity contribution in [3.8, 4) is 0 Å². The summed E-state index contributed by atoms with van der Waals surface area (Å²) in [6.07, 6.45) is 0.420. The zero-order chi connectivity index (χ0) is 17.1. The minimum absolute atomic E-state index is 0.112. The first-order chi connectivity index (χ1) is 10.8. The van der Waals surface area contributed by atoms with Gasteiger partial charge < -0.3 is 9.90 Å². The molecule has 23 heavy (non-hydrogen) atoms. The average Bonchev–Trinajstić information content (AvgIpc) is 2.54. The lowest BCUT2D eigenvalue weighted by Crippen LogP contribution is -2.21. The number of halogens is 5. The Morgan fingerprint density at radius 1 is 0.913 bits per heavy atom. The van der Waals surface area contributed by atoms with Gasteiger partial charge in [0.05, 0.1) is 23.4 Å². The number of hydrogen-bond acceptors (Lipinski definition) is 4. The molecule has 120 valence electrons. The van der Waals surface area contributed by atoms with Crippen molar-refractivity contribution in [3.63, 3.8) is 0 Å². The van der Waals surface area contributed by atoms with E-state index < -0.39 is 40.6 Å². The first-order valence-corrected chi connectivity index (χ1v) is 5.95. The van der Waals surface area contributed by atoms with E-state index in [9.17, 15) is 31.9 Å². The SMILES string of the molecule is O=C([O-])c1ccc(N/N=C\c2c(F)c(F)c(F)c(F)c2F)cc1. The maximum absolute atomic E-state index is 13.4. The van der Waals surface area contributed by atoms with Crippen LogP contribution < -0.4 is 10.5 Å². The fourth-order valence-corrected chi connectivity index (χ4v) is 1.59. The molecule has 9 heteroatoms. The molecular weight excluding hydrogens is 323 g/mol. The molecule has 0 saturated carbocycles. The predicted molar refractivity (Wildman–Crippen MR) is 68.2 cm³/mol. The van der Waals surface area contributed by atoms with E-state index in [1.54, 1.807) is 0 Å². The van der Waals surface area contributed by atoms with Crippen LogP contribution in [-0.4, -0.2) is 12.2 Å². The molecule has 4 nitrogen and oxygen atoms in total. The molecule has 0 radical (unpaired) electrons. The van der Waals surface area contributed by atoms with Crippen molar-refractivity contribution in [1.29, 1.82) is 0 Å². The molecule has 0 aromatic heterocycles. The Balaban J connectivity index is 2.23. The topological polar surface area (TPSA) is 64.5 Å². The lowest BCUT2D eigenvalue weighted by molar-refractivity contribution is -0.255. The van der Waals surface area contributed by atoms with E-state index in [1.807, 2.05) is 0 Å². The molecule has 2 rings (SSSR count). The monoisotopic (exact) mass is 329 g/mol. The van der Waals surface area contributed by atoms with Crippen molar-refractivity contribution >= 4 is 17.9 Å². The second-order valence-electron chi connectivity index (χ2n) is 4.22. The third-order valence-electron chi connectivity index (χ3n) is 2.75. The molecule has 0 saturated heterocycles. The van der Waals surface area contributed by atoms with Gasteiger partial charge in [-0.25, -0.2) is 22.0 Å². The fraction of sp³-hybridized carbons (Fsp3) is 0. The van der Waals surface area contributed by atoms with Crippen molar-refractivity contribution in [1.82, 2.24) is 0 Å². The van der Waals surface area contributed by atoms with Crippen LogP contribution in [0, 0.1) is 29.1 Å². The summed E-state index contributed by atoms with van der Waals surface area (Å²) in [5.41, 5.74) is 1.15.